The number of nitrogens with two attached hydrogens (primary N) is 1. The molecule has 5 heteroatoms. The van der Waals surface area contributed by atoms with Gasteiger partial charge in [0.1, 0.15) is 12.2 Å². The summed E-state index contributed by atoms with van der Waals surface area (Å²) in [6, 6.07) is -0.0538. The topological polar surface area (TPSA) is 66.0 Å². The Morgan fingerprint density at radius 1 is 1.33 bits per heavy atom. The fourth-order valence-corrected chi connectivity index (χ4v) is 2.47. The van der Waals surface area contributed by atoms with Crippen molar-refractivity contribution in [3.05, 3.63) is 12.2 Å². The largest absolute Gasteiger partial charge is 0.374 e. The Bertz CT molecular complexity index is 347. The van der Waals surface area contributed by atoms with E-state index in [1.54, 1.807) is 6.33 Å². The molecule has 1 aromatic heterocycles. The maximum absolute atomic E-state index is 6.37. The summed E-state index contributed by atoms with van der Waals surface area (Å²) in [4.78, 5) is 4.29. The minimum atomic E-state index is -0.251. The van der Waals surface area contributed by atoms with Crippen LogP contribution in [0.4, 0.5) is 0 Å². The molecule has 1 atom stereocenters. The zero-order valence-corrected chi connectivity index (χ0v) is 12.0. The molecule has 0 aliphatic carbocycles. The van der Waals surface area contributed by atoms with Gasteiger partial charge in [0.2, 0.25) is 0 Å². The zero-order valence-electron chi connectivity index (χ0n) is 12.0. The Hall–Kier alpha value is -0.940. The van der Waals surface area contributed by atoms with Gasteiger partial charge in [-0.05, 0) is 26.7 Å². The van der Waals surface area contributed by atoms with Crippen LogP contribution in [-0.2, 0) is 17.7 Å². The van der Waals surface area contributed by atoms with E-state index in [0.717, 1.165) is 25.2 Å². The van der Waals surface area contributed by atoms with Crippen LogP contribution in [0.5, 0.6) is 0 Å². The first kappa shape index (κ1) is 15.1. The van der Waals surface area contributed by atoms with E-state index in [0.29, 0.717) is 13.0 Å². The monoisotopic (exact) mass is 254 g/mol. The van der Waals surface area contributed by atoms with Gasteiger partial charge in [-0.25, -0.2) is 4.98 Å². The number of rotatable bonds is 8. The highest BCUT2D eigenvalue weighted by atomic mass is 16.5. The summed E-state index contributed by atoms with van der Waals surface area (Å²) >= 11 is 0. The molecule has 0 spiro atoms. The Kier molecular flexibility index (Phi) is 5.75. The van der Waals surface area contributed by atoms with E-state index >= 15 is 0 Å². The Balaban J connectivity index is 2.81. The Morgan fingerprint density at radius 2 is 2.00 bits per heavy atom. The highest BCUT2D eigenvalue weighted by molar-refractivity contribution is 4.98. The van der Waals surface area contributed by atoms with Crippen LogP contribution in [0.15, 0.2) is 6.33 Å². The van der Waals surface area contributed by atoms with Crippen molar-refractivity contribution in [1.29, 1.82) is 0 Å². The minimum Gasteiger partial charge on any atom is -0.374 e. The van der Waals surface area contributed by atoms with Gasteiger partial charge in [0.15, 0.2) is 0 Å². The molecule has 0 fully saturated rings. The average molecular weight is 254 g/mol. The first-order chi connectivity index (χ1) is 8.63. The number of ether oxygens (including phenoxy) is 1. The van der Waals surface area contributed by atoms with Gasteiger partial charge in [0, 0.05) is 25.6 Å². The molecule has 18 heavy (non-hydrogen) atoms. The number of hydrogen-bond acceptors (Lipinski definition) is 4. The van der Waals surface area contributed by atoms with Crippen molar-refractivity contribution < 1.29 is 4.74 Å². The van der Waals surface area contributed by atoms with Crippen LogP contribution in [0.3, 0.4) is 0 Å². The molecule has 0 amide bonds. The summed E-state index contributed by atoms with van der Waals surface area (Å²) in [6.45, 7) is 9.84. The summed E-state index contributed by atoms with van der Waals surface area (Å²) in [6.07, 6.45) is 4.12. The van der Waals surface area contributed by atoms with Gasteiger partial charge >= 0.3 is 0 Å². The molecule has 0 saturated carbocycles. The van der Waals surface area contributed by atoms with Crippen LogP contribution in [0.2, 0.25) is 0 Å². The van der Waals surface area contributed by atoms with Crippen molar-refractivity contribution in [2.24, 2.45) is 5.73 Å². The van der Waals surface area contributed by atoms with Gasteiger partial charge in [0.05, 0.1) is 5.60 Å². The molecular formula is C13H26N4O. The summed E-state index contributed by atoms with van der Waals surface area (Å²) in [5.41, 5.74) is 6.12. The van der Waals surface area contributed by atoms with Crippen molar-refractivity contribution in [3.63, 3.8) is 0 Å². The number of aryl methyl sites for hydroxylation is 1. The van der Waals surface area contributed by atoms with Crippen LogP contribution in [0.1, 0.15) is 46.4 Å². The lowest BCUT2D eigenvalue weighted by molar-refractivity contribution is -0.0638. The first-order valence-corrected chi connectivity index (χ1v) is 6.89. The molecule has 104 valence electrons. The number of nitrogens with zero attached hydrogens (tertiary/aromatic N) is 3. The third kappa shape index (κ3) is 3.09. The standard InChI is InChI=1S/C13H26N4O/c1-5-13(6-2,18-8-4)11(14)9-12-15-10-16-17(12)7-3/h10-11H,5-9,14H2,1-4H3. The molecule has 1 aromatic rings. The normalized spacial score (nSPS) is 13.8. The van der Waals surface area contributed by atoms with Gasteiger partial charge in [-0.15, -0.1) is 0 Å². The smallest absolute Gasteiger partial charge is 0.138 e. The van der Waals surface area contributed by atoms with E-state index in [9.17, 15) is 0 Å². The second-order valence-corrected chi connectivity index (χ2v) is 4.51. The minimum absolute atomic E-state index is 0.0538. The van der Waals surface area contributed by atoms with Crippen LogP contribution < -0.4 is 5.73 Å². The fraction of sp³-hybridized carbons (Fsp3) is 0.846. The summed E-state index contributed by atoms with van der Waals surface area (Å²) < 4.78 is 7.82. The third-order valence-corrected chi connectivity index (χ3v) is 3.70. The Morgan fingerprint density at radius 3 is 2.50 bits per heavy atom. The van der Waals surface area contributed by atoms with Gasteiger partial charge in [0.25, 0.3) is 0 Å². The molecule has 2 N–H and O–H groups in total. The molecule has 0 aromatic carbocycles. The van der Waals surface area contributed by atoms with Crippen LogP contribution >= 0.6 is 0 Å². The highest BCUT2D eigenvalue weighted by Crippen LogP contribution is 2.25. The Labute approximate surface area is 110 Å². The predicted octanol–water partition coefficient (Wildman–Crippen LogP) is 1.76. The maximum Gasteiger partial charge on any atom is 0.138 e. The van der Waals surface area contributed by atoms with Crippen molar-refractivity contribution in [2.75, 3.05) is 6.61 Å². The van der Waals surface area contributed by atoms with Crippen LogP contribution in [-0.4, -0.2) is 33.0 Å². The van der Waals surface area contributed by atoms with Gasteiger partial charge in [-0.2, -0.15) is 5.10 Å². The van der Waals surface area contributed by atoms with Crippen LogP contribution in [0, 0.1) is 0 Å². The number of aromatic nitrogens is 3. The van der Waals surface area contributed by atoms with Gasteiger partial charge < -0.3 is 10.5 Å². The summed E-state index contributed by atoms with van der Waals surface area (Å²) in [7, 11) is 0. The van der Waals surface area contributed by atoms with E-state index in [1.807, 2.05) is 11.6 Å². The molecule has 1 heterocycles. The molecule has 5 nitrogen and oxygen atoms in total. The second-order valence-electron chi connectivity index (χ2n) is 4.51. The lowest BCUT2D eigenvalue weighted by atomic mass is 9.86. The van der Waals surface area contributed by atoms with E-state index in [4.69, 9.17) is 10.5 Å². The van der Waals surface area contributed by atoms with Crippen molar-refractivity contribution in [2.45, 2.75) is 65.1 Å². The van der Waals surface area contributed by atoms with Crippen molar-refractivity contribution >= 4 is 0 Å². The molecule has 0 aliphatic rings. The van der Waals surface area contributed by atoms with E-state index in [-0.39, 0.29) is 11.6 Å². The third-order valence-electron chi connectivity index (χ3n) is 3.70. The lowest BCUT2D eigenvalue weighted by Crippen LogP contribution is -2.51. The molecule has 1 unspecified atom stereocenters. The molecular weight excluding hydrogens is 228 g/mol. The van der Waals surface area contributed by atoms with E-state index in [1.165, 1.54) is 0 Å². The van der Waals surface area contributed by atoms with Crippen molar-refractivity contribution in [1.82, 2.24) is 14.8 Å². The number of hydrogen-bond donors (Lipinski definition) is 1. The van der Waals surface area contributed by atoms with Gasteiger partial charge in [-0.1, -0.05) is 13.8 Å². The molecule has 0 bridgehead atoms. The zero-order chi connectivity index (χ0) is 13.6. The second kappa shape index (κ2) is 6.85. The highest BCUT2D eigenvalue weighted by Gasteiger charge is 2.34. The quantitative estimate of drug-likeness (QED) is 0.767. The lowest BCUT2D eigenvalue weighted by Gasteiger charge is -2.37. The molecule has 1 rings (SSSR count). The molecule has 0 aliphatic heterocycles. The predicted molar refractivity (Wildman–Crippen MR) is 72.3 cm³/mol. The fourth-order valence-electron chi connectivity index (χ4n) is 2.47. The van der Waals surface area contributed by atoms with Crippen LogP contribution in [0.25, 0.3) is 0 Å². The van der Waals surface area contributed by atoms with E-state index < -0.39 is 0 Å². The summed E-state index contributed by atoms with van der Waals surface area (Å²) in [5.74, 6) is 0.941. The molecule has 0 saturated heterocycles. The first-order valence-electron chi connectivity index (χ1n) is 6.89. The van der Waals surface area contributed by atoms with Gasteiger partial charge in [-0.3, -0.25) is 4.68 Å². The maximum atomic E-state index is 6.37. The van der Waals surface area contributed by atoms with E-state index in [2.05, 4.69) is 30.9 Å². The molecule has 0 radical (unpaired) electrons. The average Bonchev–Trinajstić information content (AvgIpc) is 2.83. The summed E-state index contributed by atoms with van der Waals surface area (Å²) in [5, 5.41) is 4.18. The van der Waals surface area contributed by atoms with Crippen molar-refractivity contribution in [3.8, 4) is 0 Å². The SMILES string of the molecule is CCOC(CC)(CC)C(N)Cc1ncnn1CC.